The molecule has 3 aromatic rings. The summed E-state index contributed by atoms with van der Waals surface area (Å²) >= 11 is 0. The summed E-state index contributed by atoms with van der Waals surface area (Å²) in [4.78, 5) is 6.84. The first-order chi connectivity index (χ1) is 12.2. The van der Waals surface area contributed by atoms with Crippen molar-refractivity contribution in [1.29, 1.82) is 0 Å². The van der Waals surface area contributed by atoms with Crippen LogP contribution < -0.4 is 0 Å². The maximum absolute atomic E-state index is 11.4. The largest absolute Gasteiger partial charge is 0.443 e. The van der Waals surface area contributed by atoms with Gasteiger partial charge in [-0.2, -0.15) is 0 Å². The van der Waals surface area contributed by atoms with Crippen LogP contribution in [0.1, 0.15) is 36.8 Å². The molecule has 25 heavy (non-hydrogen) atoms. The number of piperidine rings is 1. The summed E-state index contributed by atoms with van der Waals surface area (Å²) in [6.45, 7) is 0.981. The Kier molecular flexibility index (Phi) is 3.43. The molecule has 1 N–H and O–H groups in total. The topological polar surface area (TPSA) is 49.5 Å². The second kappa shape index (κ2) is 5.68. The lowest BCUT2D eigenvalue weighted by molar-refractivity contribution is -0.0594. The Morgan fingerprint density at radius 1 is 1.08 bits per heavy atom. The van der Waals surface area contributed by atoms with Gasteiger partial charge in [-0.05, 0) is 48.9 Å². The van der Waals surface area contributed by atoms with E-state index >= 15 is 0 Å². The Labute approximate surface area is 147 Å². The highest BCUT2D eigenvalue weighted by Crippen LogP contribution is 2.46. The van der Waals surface area contributed by atoms with Crippen LogP contribution in [0.3, 0.4) is 0 Å². The highest BCUT2D eigenvalue weighted by molar-refractivity contribution is 5.73. The van der Waals surface area contributed by atoms with Gasteiger partial charge in [-0.25, -0.2) is 4.98 Å². The monoisotopic (exact) mass is 334 g/mol. The zero-order valence-corrected chi connectivity index (χ0v) is 14.1. The van der Waals surface area contributed by atoms with E-state index < -0.39 is 5.60 Å². The van der Waals surface area contributed by atoms with Crippen LogP contribution >= 0.6 is 0 Å². The molecule has 2 atom stereocenters. The van der Waals surface area contributed by atoms with Gasteiger partial charge in [0.2, 0.25) is 0 Å². The van der Waals surface area contributed by atoms with E-state index in [0.29, 0.717) is 12.1 Å². The molecule has 2 aliphatic heterocycles. The van der Waals surface area contributed by atoms with E-state index in [1.165, 1.54) is 24.8 Å². The predicted molar refractivity (Wildman–Crippen MR) is 95.9 cm³/mol. The molecule has 2 aliphatic rings. The minimum absolute atomic E-state index is 0.442. The zero-order chi connectivity index (χ0) is 16.9. The predicted octanol–water partition coefficient (Wildman–Crippen LogP) is 3.84. The van der Waals surface area contributed by atoms with Gasteiger partial charge < -0.3 is 9.52 Å². The maximum Gasteiger partial charge on any atom is 0.181 e. The Balaban J connectivity index is 1.41. The van der Waals surface area contributed by atoms with E-state index in [1.54, 1.807) is 0 Å². The van der Waals surface area contributed by atoms with Gasteiger partial charge in [0.15, 0.2) is 12.0 Å². The van der Waals surface area contributed by atoms with E-state index in [-0.39, 0.29) is 0 Å². The standard InChI is InChI=1S/C21H22N2O2/c24-21(16-6-9-20-19(10-16)22-14-25-20)11-17-7-8-18(12-21)23(17)13-15-4-2-1-3-5-15/h1-6,9-10,14,17-18,24H,7-8,11-13H2. The van der Waals surface area contributed by atoms with Crippen LogP contribution in [0, 0.1) is 0 Å². The number of aliphatic hydroxyl groups is 1. The van der Waals surface area contributed by atoms with Crippen LogP contribution in [0.4, 0.5) is 0 Å². The molecule has 0 amide bonds. The van der Waals surface area contributed by atoms with E-state index in [4.69, 9.17) is 4.42 Å². The quantitative estimate of drug-likeness (QED) is 0.790. The molecule has 2 fully saturated rings. The molecule has 128 valence electrons. The van der Waals surface area contributed by atoms with Crippen molar-refractivity contribution in [3.05, 3.63) is 66.1 Å². The lowest BCUT2D eigenvalue weighted by Crippen LogP contribution is -2.49. The van der Waals surface area contributed by atoms with Gasteiger partial charge >= 0.3 is 0 Å². The molecular formula is C21H22N2O2. The minimum atomic E-state index is -0.758. The third-order valence-corrected chi connectivity index (χ3v) is 5.99. The second-order valence-electron chi connectivity index (χ2n) is 7.52. The molecule has 5 rings (SSSR count). The third kappa shape index (κ3) is 2.57. The zero-order valence-electron chi connectivity index (χ0n) is 14.1. The van der Waals surface area contributed by atoms with E-state index in [0.717, 1.165) is 36.0 Å². The summed E-state index contributed by atoms with van der Waals surface area (Å²) < 4.78 is 5.33. The average Bonchev–Trinajstić information content (AvgIpc) is 3.19. The number of hydrogen-bond donors (Lipinski definition) is 1. The SMILES string of the molecule is OC1(c2ccc3ocnc3c2)CC2CCC(C1)N2Cc1ccccc1. The Morgan fingerprint density at radius 3 is 2.60 bits per heavy atom. The Hall–Kier alpha value is -2.17. The Morgan fingerprint density at radius 2 is 1.84 bits per heavy atom. The van der Waals surface area contributed by atoms with E-state index in [2.05, 4.69) is 40.2 Å². The molecule has 2 saturated heterocycles. The van der Waals surface area contributed by atoms with Crippen molar-refractivity contribution in [2.75, 3.05) is 0 Å². The Bertz CT molecular complexity index is 875. The highest BCUT2D eigenvalue weighted by Gasteiger charge is 2.48. The van der Waals surface area contributed by atoms with Crippen molar-refractivity contribution < 1.29 is 9.52 Å². The van der Waals surface area contributed by atoms with Crippen molar-refractivity contribution in [2.45, 2.75) is 49.9 Å². The number of oxazole rings is 1. The summed E-state index contributed by atoms with van der Waals surface area (Å²) in [5, 5.41) is 11.4. The minimum Gasteiger partial charge on any atom is -0.443 e. The van der Waals surface area contributed by atoms with Gasteiger partial charge in [0.05, 0.1) is 5.60 Å². The fourth-order valence-electron chi connectivity index (χ4n) is 4.75. The summed E-state index contributed by atoms with van der Waals surface area (Å²) in [7, 11) is 0. The van der Waals surface area contributed by atoms with Crippen LogP contribution in [-0.2, 0) is 12.1 Å². The van der Waals surface area contributed by atoms with Crippen molar-refractivity contribution in [2.24, 2.45) is 0 Å². The molecule has 0 aliphatic carbocycles. The first kappa shape index (κ1) is 15.1. The second-order valence-corrected chi connectivity index (χ2v) is 7.52. The smallest absolute Gasteiger partial charge is 0.181 e. The van der Waals surface area contributed by atoms with Gasteiger partial charge in [-0.15, -0.1) is 0 Å². The van der Waals surface area contributed by atoms with Crippen molar-refractivity contribution in [3.63, 3.8) is 0 Å². The number of nitrogens with zero attached hydrogens (tertiary/aromatic N) is 2. The maximum atomic E-state index is 11.4. The highest BCUT2D eigenvalue weighted by atomic mass is 16.3. The molecule has 0 spiro atoms. The molecule has 4 heteroatoms. The molecule has 2 bridgehead atoms. The normalized spacial score (nSPS) is 29.3. The fourth-order valence-corrected chi connectivity index (χ4v) is 4.75. The van der Waals surface area contributed by atoms with Crippen LogP contribution in [-0.4, -0.2) is 27.1 Å². The van der Waals surface area contributed by atoms with Crippen LogP contribution in [0.15, 0.2) is 59.3 Å². The van der Waals surface area contributed by atoms with Crippen molar-refractivity contribution in [1.82, 2.24) is 9.88 Å². The number of rotatable bonds is 3. The number of aromatic nitrogens is 1. The molecule has 3 heterocycles. The van der Waals surface area contributed by atoms with Crippen LogP contribution in [0.5, 0.6) is 0 Å². The third-order valence-electron chi connectivity index (χ3n) is 5.99. The number of fused-ring (bicyclic) bond motifs is 3. The fraction of sp³-hybridized carbons (Fsp3) is 0.381. The molecule has 4 nitrogen and oxygen atoms in total. The van der Waals surface area contributed by atoms with Gasteiger partial charge in [0.1, 0.15) is 5.52 Å². The van der Waals surface area contributed by atoms with Crippen LogP contribution in [0.25, 0.3) is 11.1 Å². The van der Waals surface area contributed by atoms with E-state index in [1.807, 2.05) is 18.2 Å². The molecular weight excluding hydrogens is 312 g/mol. The molecule has 0 saturated carbocycles. The number of benzene rings is 2. The summed E-state index contributed by atoms with van der Waals surface area (Å²) in [5.41, 5.74) is 3.17. The average molecular weight is 334 g/mol. The number of hydrogen-bond acceptors (Lipinski definition) is 4. The lowest BCUT2D eigenvalue weighted by atomic mass is 9.80. The van der Waals surface area contributed by atoms with E-state index in [9.17, 15) is 5.11 Å². The van der Waals surface area contributed by atoms with Crippen LogP contribution in [0.2, 0.25) is 0 Å². The first-order valence-corrected chi connectivity index (χ1v) is 9.07. The lowest BCUT2D eigenvalue weighted by Gasteiger charge is -2.44. The summed E-state index contributed by atoms with van der Waals surface area (Å²) in [5.74, 6) is 0. The van der Waals surface area contributed by atoms with Gasteiger partial charge in [0.25, 0.3) is 0 Å². The molecule has 1 aromatic heterocycles. The van der Waals surface area contributed by atoms with Gasteiger partial charge in [-0.1, -0.05) is 36.4 Å². The molecule has 2 aromatic carbocycles. The summed E-state index contributed by atoms with van der Waals surface area (Å²) in [6, 6.07) is 17.5. The van der Waals surface area contributed by atoms with Gasteiger partial charge in [-0.3, -0.25) is 4.90 Å². The summed E-state index contributed by atoms with van der Waals surface area (Å²) in [6.07, 6.45) is 5.39. The molecule has 2 unspecified atom stereocenters. The van der Waals surface area contributed by atoms with Crippen molar-refractivity contribution >= 4 is 11.1 Å². The van der Waals surface area contributed by atoms with Gasteiger partial charge in [0, 0.05) is 18.6 Å². The molecule has 0 radical (unpaired) electrons. The van der Waals surface area contributed by atoms with Crippen molar-refractivity contribution in [3.8, 4) is 0 Å². The first-order valence-electron chi connectivity index (χ1n) is 9.07.